The van der Waals surface area contributed by atoms with E-state index in [1.807, 2.05) is 0 Å². The maximum atomic E-state index is 12.6. The molecule has 0 fully saturated rings. The maximum absolute atomic E-state index is 12.6. The molecule has 0 unspecified atom stereocenters. The molecule has 2 N–H and O–H groups in total. The van der Waals surface area contributed by atoms with E-state index in [0.717, 1.165) is 0 Å². The fourth-order valence-corrected chi connectivity index (χ4v) is 1.81. The van der Waals surface area contributed by atoms with Crippen LogP contribution in [0.2, 0.25) is 0 Å². The number of terminal acetylenes is 1. The maximum Gasteiger partial charge on any atom is 0.234 e. The predicted molar refractivity (Wildman–Crippen MR) is 74.2 cm³/mol. The van der Waals surface area contributed by atoms with Crippen molar-refractivity contribution in [2.75, 3.05) is 23.4 Å². The van der Waals surface area contributed by atoms with Crippen molar-refractivity contribution < 1.29 is 14.0 Å². The molecule has 0 bridgehead atoms. The molecule has 1 aromatic carbocycles. The van der Waals surface area contributed by atoms with Gasteiger partial charge in [-0.3, -0.25) is 9.59 Å². The molecule has 0 atom stereocenters. The fourth-order valence-electron chi connectivity index (χ4n) is 1.17. The minimum absolute atomic E-state index is 0.140. The monoisotopic (exact) mass is 280 g/mol. The first-order valence-corrected chi connectivity index (χ1v) is 6.60. The SMILES string of the molecule is C#CCNC(=O)CSCC(=O)Nc1ccc(F)cc1. The van der Waals surface area contributed by atoms with E-state index in [1.54, 1.807) is 0 Å². The van der Waals surface area contributed by atoms with Crippen LogP contribution in [0.4, 0.5) is 10.1 Å². The zero-order chi connectivity index (χ0) is 14.1. The number of carbonyl (C=O) groups is 2. The van der Waals surface area contributed by atoms with Crippen molar-refractivity contribution in [2.45, 2.75) is 0 Å². The Bertz CT molecular complexity index is 482. The van der Waals surface area contributed by atoms with Gasteiger partial charge in [-0.25, -0.2) is 4.39 Å². The lowest BCUT2D eigenvalue weighted by molar-refractivity contribution is -0.118. The summed E-state index contributed by atoms with van der Waals surface area (Å²) in [5.74, 6) is 1.77. The van der Waals surface area contributed by atoms with Crippen LogP contribution in [0.3, 0.4) is 0 Å². The largest absolute Gasteiger partial charge is 0.344 e. The van der Waals surface area contributed by atoms with E-state index in [4.69, 9.17) is 6.42 Å². The summed E-state index contributed by atoms with van der Waals surface area (Å²) in [6.07, 6.45) is 4.99. The van der Waals surface area contributed by atoms with Gasteiger partial charge in [-0.2, -0.15) is 0 Å². The van der Waals surface area contributed by atoms with Crippen LogP contribution in [0.25, 0.3) is 0 Å². The van der Waals surface area contributed by atoms with Gasteiger partial charge in [0.25, 0.3) is 0 Å². The van der Waals surface area contributed by atoms with Crippen molar-refractivity contribution in [3.05, 3.63) is 30.1 Å². The highest BCUT2D eigenvalue weighted by molar-refractivity contribution is 8.00. The number of halogens is 1. The molecule has 0 radical (unpaired) electrons. The van der Waals surface area contributed by atoms with Crippen LogP contribution < -0.4 is 10.6 Å². The highest BCUT2D eigenvalue weighted by Crippen LogP contribution is 2.09. The molecule has 0 aliphatic rings. The first-order valence-electron chi connectivity index (χ1n) is 5.45. The summed E-state index contributed by atoms with van der Waals surface area (Å²) >= 11 is 1.18. The Balaban J connectivity index is 2.23. The van der Waals surface area contributed by atoms with E-state index in [2.05, 4.69) is 16.6 Å². The number of benzene rings is 1. The second-order valence-electron chi connectivity index (χ2n) is 3.53. The van der Waals surface area contributed by atoms with E-state index in [0.29, 0.717) is 5.69 Å². The third kappa shape index (κ3) is 6.48. The summed E-state index contributed by atoms with van der Waals surface area (Å²) in [5, 5.41) is 5.09. The fraction of sp³-hybridized carbons (Fsp3) is 0.231. The minimum Gasteiger partial charge on any atom is -0.344 e. The van der Waals surface area contributed by atoms with Crippen LogP contribution in [0.1, 0.15) is 0 Å². The van der Waals surface area contributed by atoms with Gasteiger partial charge in [0.1, 0.15) is 5.82 Å². The third-order valence-electron chi connectivity index (χ3n) is 1.98. The summed E-state index contributed by atoms with van der Waals surface area (Å²) in [7, 11) is 0. The van der Waals surface area contributed by atoms with Gasteiger partial charge in [-0.1, -0.05) is 5.92 Å². The number of nitrogens with one attached hydrogen (secondary N) is 2. The Kier molecular flexibility index (Phi) is 6.47. The predicted octanol–water partition coefficient (Wildman–Crippen LogP) is 1.25. The molecular formula is C13H13FN2O2S. The van der Waals surface area contributed by atoms with Gasteiger partial charge in [0.2, 0.25) is 11.8 Å². The van der Waals surface area contributed by atoms with Crippen LogP contribution >= 0.6 is 11.8 Å². The molecule has 0 saturated heterocycles. The lowest BCUT2D eigenvalue weighted by Crippen LogP contribution is -2.26. The zero-order valence-electron chi connectivity index (χ0n) is 10.1. The molecule has 0 saturated carbocycles. The molecule has 0 aliphatic carbocycles. The number of amides is 2. The number of carbonyl (C=O) groups excluding carboxylic acids is 2. The number of anilines is 1. The van der Waals surface area contributed by atoms with Crippen LogP contribution in [-0.4, -0.2) is 29.9 Å². The third-order valence-corrected chi connectivity index (χ3v) is 2.91. The molecule has 6 heteroatoms. The standard InChI is InChI=1S/C13H13FN2O2S/c1-2-7-15-12(17)8-19-9-13(18)16-11-5-3-10(14)4-6-11/h1,3-6H,7-9H2,(H,15,17)(H,16,18). The molecule has 0 aliphatic heterocycles. The van der Waals surface area contributed by atoms with Crippen molar-refractivity contribution in [3.63, 3.8) is 0 Å². The molecule has 1 aromatic rings. The zero-order valence-corrected chi connectivity index (χ0v) is 10.9. The van der Waals surface area contributed by atoms with Crippen molar-refractivity contribution in [1.82, 2.24) is 5.32 Å². The minimum atomic E-state index is -0.363. The van der Waals surface area contributed by atoms with Gasteiger partial charge >= 0.3 is 0 Å². The van der Waals surface area contributed by atoms with Crippen molar-refractivity contribution >= 4 is 29.3 Å². The highest BCUT2D eigenvalue weighted by Gasteiger charge is 2.05. The summed E-state index contributed by atoms with van der Waals surface area (Å²) in [5.41, 5.74) is 0.517. The highest BCUT2D eigenvalue weighted by atomic mass is 32.2. The Labute approximate surface area is 115 Å². The van der Waals surface area contributed by atoms with Gasteiger partial charge in [-0.15, -0.1) is 18.2 Å². The van der Waals surface area contributed by atoms with E-state index in [9.17, 15) is 14.0 Å². The first-order chi connectivity index (χ1) is 9.11. The molecule has 100 valence electrons. The summed E-state index contributed by atoms with van der Waals surface area (Å²) < 4.78 is 12.6. The van der Waals surface area contributed by atoms with Crippen LogP contribution in [0.15, 0.2) is 24.3 Å². The Morgan fingerprint density at radius 2 is 1.84 bits per heavy atom. The lowest BCUT2D eigenvalue weighted by Gasteiger charge is -2.05. The van der Waals surface area contributed by atoms with Gasteiger partial charge in [0, 0.05) is 5.69 Å². The summed E-state index contributed by atoms with van der Waals surface area (Å²) in [4.78, 5) is 22.7. The van der Waals surface area contributed by atoms with Crippen LogP contribution in [0, 0.1) is 18.2 Å². The van der Waals surface area contributed by atoms with E-state index in [1.165, 1.54) is 36.0 Å². The number of hydrogen-bond acceptors (Lipinski definition) is 3. The molecule has 0 aromatic heterocycles. The summed E-state index contributed by atoms with van der Waals surface area (Å²) in [6, 6.07) is 5.46. The number of rotatable bonds is 6. The number of hydrogen-bond donors (Lipinski definition) is 2. The summed E-state index contributed by atoms with van der Waals surface area (Å²) in [6.45, 7) is 0.182. The van der Waals surface area contributed by atoms with E-state index in [-0.39, 0.29) is 35.7 Å². The quantitative estimate of drug-likeness (QED) is 0.771. The second kappa shape index (κ2) is 8.16. The number of thioether (sulfide) groups is 1. The molecule has 2 amide bonds. The normalized spacial score (nSPS) is 9.47. The van der Waals surface area contributed by atoms with Gasteiger partial charge in [0.15, 0.2) is 0 Å². The van der Waals surface area contributed by atoms with Gasteiger partial charge in [-0.05, 0) is 24.3 Å². The molecule has 0 spiro atoms. The van der Waals surface area contributed by atoms with E-state index >= 15 is 0 Å². The Morgan fingerprint density at radius 3 is 2.47 bits per heavy atom. The second-order valence-corrected chi connectivity index (χ2v) is 4.51. The Morgan fingerprint density at radius 1 is 1.21 bits per heavy atom. The Hall–Kier alpha value is -2.00. The molecule has 0 heterocycles. The van der Waals surface area contributed by atoms with Crippen molar-refractivity contribution in [2.24, 2.45) is 0 Å². The van der Waals surface area contributed by atoms with Gasteiger partial charge in [0.05, 0.1) is 18.1 Å². The first kappa shape index (κ1) is 15.1. The average molecular weight is 280 g/mol. The van der Waals surface area contributed by atoms with Crippen molar-refractivity contribution in [1.29, 1.82) is 0 Å². The van der Waals surface area contributed by atoms with Crippen LogP contribution in [-0.2, 0) is 9.59 Å². The molecular weight excluding hydrogens is 267 g/mol. The molecule has 1 rings (SSSR count). The van der Waals surface area contributed by atoms with E-state index < -0.39 is 0 Å². The molecule has 19 heavy (non-hydrogen) atoms. The molecule has 4 nitrogen and oxygen atoms in total. The van der Waals surface area contributed by atoms with Crippen LogP contribution in [0.5, 0.6) is 0 Å². The van der Waals surface area contributed by atoms with Crippen molar-refractivity contribution in [3.8, 4) is 12.3 Å². The van der Waals surface area contributed by atoms with Gasteiger partial charge < -0.3 is 10.6 Å². The smallest absolute Gasteiger partial charge is 0.234 e. The lowest BCUT2D eigenvalue weighted by atomic mass is 10.3. The average Bonchev–Trinajstić information content (AvgIpc) is 2.39. The topological polar surface area (TPSA) is 58.2 Å².